The molecule has 1 aromatic heterocycles. The average Bonchev–Trinajstić information content (AvgIpc) is 3.01. The second-order valence-electron chi connectivity index (χ2n) is 10.4. The van der Waals surface area contributed by atoms with Crippen LogP contribution in [-0.4, -0.2) is 67.7 Å². The minimum atomic E-state index is -5.03. The van der Waals surface area contributed by atoms with Crippen LogP contribution >= 0.6 is 23.2 Å². The van der Waals surface area contributed by atoms with Crippen molar-refractivity contribution in [2.45, 2.75) is 21.6 Å². The van der Waals surface area contributed by atoms with Gasteiger partial charge in [-0.05, 0) is 66.4 Å². The number of anilines is 4. The van der Waals surface area contributed by atoms with Crippen molar-refractivity contribution in [3.63, 3.8) is 0 Å². The van der Waals surface area contributed by atoms with Crippen molar-refractivity contribution in [1.29, 1.82) is 0 Å². The zero-order valence-corrected chi connectivity index (χ0v) is 30.5. The average molecular weight is 853 g/mol. The highest BCUT2D eigenvalue weighted by molar-refractivity contribution is 7.86. The first kappa shape index (κ1) is 39.4. The summed E-state index contributed by atoms with van der Waals surface area (Å²) < 4.78 is 127. The van der Waals surface area contributed by atoms with E-state index in [1.807, 2.05) is 0 Å². The normalized spacial score (nSPS) is 13.0. The lowest BCUT2D eigenvalue weighted by Crippen LogP contribution is -2.17. The molecule has 0 aliphatic heterocycles. The van der Waals surface area contributed by atoms with Crippen LogP contribution in [0.4, 0.5) is 34.6 Å². The molecule has 27 heteroatoms. The monoisotopic (exact) mass is 851 g/mol. The van der Waals surface area contributed by atoms with Gasteiger partial charge in [0.25, 0.3) is 30.4 Å². The number of aromatic amines is 1. The number of phenols is 1. The molecule has 1 atom stereocenters. The lowest BCUT2D eigenvalue weighted by atomic mass is 10.1. The van der Waals surface area contributed by atoms with Crippen LogP contribution in [0.2, 0.25) is 10.0 Å². The fourth-order valence-corrected chi connectivity index (χ4v) is 7.18. The maximum absolute atomic E-state index is 12.5. The lowest BCUT2D eigenvalue weighted by molar-refractivity contribution is 0.452. The molecule has 0 saturated heterocycles. The number of azo groups is 1. The van der Waals surface area contributed by atoms with E-state index in [-0.39, 0.29) is 26.7 Å². The summed E-state index contributed by atoms with van der Waals surface area (Å²) in [4.78, 5) is 20.0. The topological polar surface area (TPSA) is 337 Å². The molecular formula is C26H19Cl2N7O14S4. The van der Waals surface area contributed by atoms with Crippen LogP contribution in [0, 0.1) is 6.92 Å². The number of aromatic hydroxyl groups is 1. The third kappa shape index (κ3) is 9.04. The molecule has 1 unspecified atom stereocenters. The molecule has 5 rings (SSSR count). The largest absolute Gasteiger partial charge is 0.505 e. The number of phenolic OH excluding ortho intramolecular Hbond substituents is 1. The molecule has 4 aromatic carbocycles. The quantitative estimate of drug-likeness (QED) is 0.0502. The van der Waals surface area contributed by atoms with E-state index < -0.39 is 108 Å². The summed E-state index contributed by atoms with van der Waals surface area (Å²) in [6, 6.07) is 7.68. The number of aryl methyl sites for hydroxylation is 1. The molecule has 0 bridgehead atoms. The molecule has 280 valence electrons. The number of nitrogens with zero attached hydrogens (tertiary/aromatic N) is 4. The van der Waals surface area contributed by atoms with Gasteiger partial charge in [-0.15, -0.1) is 10.2 Å². The first-order valence-corrected chi connectivity index (χ1v) is 19.7. The van der Waals surface area contributed by atoms with Crippen molar-refractivity contribution >= 4 is 110 Å². The number of aromatic nitrogens is 3. The Morgan fingerprint density at radius 2 is 1.53 bits per heavy atom. The number of fused-ring (bicyclic) bond motifs is 1. The maximum atomic E-state index is 12.5. The fourth-order valence-electron chi connectivity index (χ4n) is 4.51. The summed E-state index contributed by atoms with van der Waals surface area (Å²) in [5.74, 6) is -2.74. The molecule has 21 nitrogen and oxygen atoms in total. The van der Waals surface area contributed by atoms with E-state index in [9.17, 15) is 57.6 Å². The Bertz CT molecular complexity index is 2800. The van der Waals surface area contributed by atoms with Crippen molar-refractivity contribution in [3.8, 4) is 11.5 Å². The van der Waals surface area contributed by atoms with Crippen LogP contribution in [0.15, 0.2) is 78.2 Å². The summed E-state index contributed by atoms with van der Waals surface area (Å²) in [5.41, 5.74) is -2.72. The minimum absolute atomic E-state index is 0.0205. The second-order valence-corrected chi connectivity index (χ2v) is 16.0. The van der Waals surface area contributed by atoms with Crippen molar-refractivity contribution in [1.82, 2.24) is 15.0 Å². The molecule has 0 aliphatic rings. The van der Waals surface area contributed by atoms with E-state index in [4.69, 9.17) is 27.4 Å². The van der Waals surface area contributed by atoms with Gasteiger partial charge in [-0.1, -0.05) is 23.2 Å². The number of nitrogens with one attached hydrogen (secondary N) is 3. The highest BCUT2D eigenvalue weighted by Gasteiger charge is 2.24. The van der Waals surface area contributed by atoms with E-state index in [2.05, 4.69) is 35.8 Å². The molecule has 0 radical (unpaired) electrons. The number of rotatable bonds is 11. The molecule has 0 fully saturated rings. The van der Waals surface area contributed by atoms with Crippen molar-refractivity contribution in [2.24, 2.45) is 10.2 Å². The zero-order valence-electron chi connectivity index (χ0n) is 25.7. The van der Waals surface area contributed by atoms with Gasteiger partial charge in [0.05, 0.1) is 15.6 Å². The van der Waals surface area contributed by atoms with Crippen LogP contribution in [0.3, 0.4) is 0 Å². The summed E-state index contributed by atoms with van der Waals surface area (Å²) in [5, 5.41) is 22.9. The third-order valence-corrected chi connectivity index (χ3v) is 10.5. The smallest absolute Gasteiger partial charge is 0.357 e. The SMILES string of the molecule is Cc1cc(S(=O)(=O)O)c(N=Nc2c(OS(=O)O)cc3cc(S(=O)(=O)O)cc(Nc4nc(Nc5ccc(Cl)c(S(=O)(=O)O)c5)[nH]c(=O)n4)c3c2O)cc1Cl. The minimum Gasteiger partial charge on any atom is -0.505 e. The highest BCUT2D eigenvalue weighted by Crippen LogP contribution is 2.48. The van der Waals surface area contributed by atoms with E-state index in [0.717, 1.165) is 42.5 Å². The van der Waals surface area contributed by atoms with Gasteiger partial charge in [-0.3, -0.25) is 23.2 Å². The maximum Gasteiger partial charge on any atom is 0.357 e. The van der Waals surface area contributed by atoms with E-state index >= 15 is 0 Å². The molecule has 0 amide bonds. The summed E-state index contributed by atoms with van der Waals surface area (Å²) >= 11 is 8.81. The van der Waals surface area contributed by atoms with Crippen LogP contribution in [0.25, 0.3) is 10.8 Å². The Balaban J connectivity index is 1.70. The van der Waals surface area contributed by atoms with Crippen LogP contribution in [0.1, 0.15) is 5.56 Å². The summed E-state index contributed by atoms with van der Waals surface area (Å²) in [7, 11) is -14.7. The number of hydrogen-bond acceptors (Lipinski definition) is 16. The van der Waals surface area contributed by atoms with Crippen molar-refractivity contribution in [2.75, 3.05) is 10.6 Å². The molecule has 1 heterocycles. The lowest BCUT2D eigenvalue weighted by Gasteiger charge is -2.15. The first-order chi connectivity index (χ1) is 24.5. The number of hydrogen-bond donors (Lipinski definition) is 8. The Morgan fingerprint density at radius 1 is 0.849 bits per heavy atom. The van der Waals surface area contributed by atoms with Crippen molar-refractivity contribution in [3.05, 3.63) is 74.6 Å². The van der Waals surface area contributed by atoms with Gasteiger partial charge < -0.3 is 19.9 Å². The van der Waals surface area contributed by atoms with E-state index in [1.54, 1.807) is 0 Å². The zero-order chi connectivity index (χ0) is 39.2. The number of H-pyrrole nitrogens is 1. The van der Waals surface area contributed by atoms with Gasteiger partial charge in [-0.25, -0.2) is 4.79 Å². The van der Waals surface area contributed by atoms with Crippen LogP contribution in [-0.2, 0) is 41.7 Å². The van der Waals surface area contributed by atoms with Gasteiger partial charge in [0, 0.05) is 16.1 Å². The second kappa shape index (κ2) is 14.5. The fraction of sp³-hybridized carbons (Fsp3) is 0.0385. The third-order valence-electron chi connectivity index (χ3n) is 6.73. The van der Waals surface area contributed by atoms with Crippen molar-refractivity contribution < 1.29 is 57.0 Å². The molecule has 8 N–H and O–H groups in total. The molecule has 0 saturated carbocycles. The molecular weight excluding hydrogens is 833 g/mol. The number of halogens is 2. The first-order valence-electron chi connectivity index (χ1n) is 13.6. The van der Waals surface area contributed by atoms with E-state index in [1.165, 1.54) is 13.0 Å². The Morgan fingerprint density at radius 3 is 2.15 bits per heavy atom. The van der Waals surface area contributed by atoms with Gasteiger partial charge in [0.15, 0.2) is 17.2 Å². The van der Waals surface area contributed by atoms with Gasteiger partial charge in [-0.2, -0.15) is 39.4 Å². The predicted molar refractivity (Wildman–Crippen MR) is 187 cm³/mol. The highest BCUT2D eigenvalue weighted by atomic mass is 35.5. The Kier molecular flexibility index (Phi) is 10.8. The van der Waals surface area contributed by atoms with Gasteiger partial charge >= 0.3 is 17.1 Å². The summed E-state index contributed by atoms with van der Waals surface area (Å²) in [6.07, 6.45) is 0. The van der Waals surface area contributed by atoms with Gasteiger partial charge in [0.2, 0.25) is 11.9 Å². The van der Waals surface area contributed by atoms with Crippen LogP contribution < -0.4 is 20.5 Å². The summed E-state index contributed by atoms with van der Waals surface area (Å²) in [6.45, 7) is 1.42. The molecule has 5 aromatic rings. The van der Waals surface area contributed by atoms with Gasteiger partial charge in [0.1, 0.15) is 15.5 Å². The molecule has 53 heavy (non-hydrogen) atoms. The number of benzene rings is 4. The standard InChI is InChI=1S/C26H19Cl2N7O14S4/c1-10-4-20(53(46,47)48)16(9-15(10)28)34-35-22-18(49-50(38)39)6-11-5-13(51(40,41)42)8-17(21(11)23(22)36)30-25-31-24(32-26(37)33-25)29-12-2-3-14(27)19(7-12)52(43,44)45/h2-9,36H,1H3,(H,38,39)(H,40,41,42)(H,43,44,45)(H,46,47,48)(H3,29,30,31,32,33,37). The molecule has 0 aliphatic carbocycles. The van der Waals surface area contributed by atoms with Crippen LogP contribution in [0.5, 0.6) is 11.5 Å². The van der Waals surface area contributed by atoms with E-state index in [0.29, 0.717) is 0 Å². The Labute approximate surface area is 309 Å². The Hall–Kier alpha value is -4.83. The molecule has 0 spiro atoms. The predicted octanol–water partition coefficient (Wildman–Crippen LogP) is 4.80.